The first-order valence-corrected chi connectivity index (χ1v) is 12.3. The molecule has 206 valence electrons. The van der Waals surface area contributed by atoms with Crippen LogP contribution < -0.4 is 15.5 Å². The molecule has 0 radical (unpaired) electrons. The maximum atomic E-state index is 13.4. The summed E-state index contributed by atoms with van der Waals surface area (Å²) < 4.78 is 43.2. The molecule has 0 aliphatic heterocycles. The van der Waals surface area contributed by atoms with E-state index < -0.39 is 36.0 Å². The van der Waals surface area contributed by atoms with E-state index in [1.165, 1.54) is 54.7 Å². The molecule has 1 heterocycles. The summed E-state index contributed by atoms with van der Waals surface area (Å²) >= 11 is 6.06. The summed E-state index contributed by atoms with van der Waals surface area (Å²) in [7, 11) is 0. The number of ether oxygens (including phenoxy) is 1. The molecule has 1 amide bonds. The summed E-state index contributed by atoms with van der Waals surface area (Å²) in [5.74, 6) is -2.71. The highest BCUT2D eigenvalue weighted by atomic mass is 35.5. The van der Waals surface area contributed by atoms with E-state index in [-0.39, 0.29) is 39.6 Å². The highest BCUT2D eigenvalue weighted by molar-refractivity contribution is 6.31. The van der Waals surface area contributed by atoms with Crippen LogP contribution in [0.3, 0.4) is 0 Å². The van der Waals surface area contributed by atoms with Gasteiger partial charge in [0, 0.05) is 34.1 Å². The number of hydrogen-bond donors (Lipinski definition) is 3. The molecule has 0 bridgehead atoms. The number of benzene rings is 3. The quantitative estimate of drug-likeness (QED) is 0.219. The number of alkyl halides is 3. The molecule has 1 unspecified atom stereocenters. The van der Waals surface area contributed by atoms with Crippen molar-refractivity contribution in [3.8, 4) is 17.0 Å². The van der Waals surface area contributed by atoms with Crippen molar-refractivity contribution in [3.05, 3.63) is 117 Å². The Labute approximate surface area is 231 Å². The highest BCUT2D eigenvalue weighted by Gasteiger charge is 2.29. The minimum Gasteiger partial charge on any atom is -0.483 e. The molecule has 1 atom stereocenters. The van der Waals surface area contributed by atoms with Gasteiger partial charge >= 0.3 is 12.1 Å². The fourth-order valence-corrected chi connectivity index (χ4v) is 4.20. The molecule has 0 spiro atoms. The van der Waals surface area contributed by atoms with E-state index in [0.717, 1.165) is 5.56 Å². The molecule has 0 aliphatic carbocycles. The second kappa shape index (κ2) is 12.1. The molecule has 1 aromatic heterocycles. The highest BCUT2D eigenvalue weighted by Crippen LogP contribution is 2.33. The lowest BCUT2D eigenvalue weighted by Crippen LogP contribution is -2.27. The van der Waals surface area contributed by atoms with Crippen LogP contribution in [0.1, 0.15) is 27.4 Å². The molecule has 40 heavy (non-hydrogen) atoms. The Balaban J connectivity index is 1.67. The van der Waals surface area contributed by atoms with Gasteiger partial charge in [-0.05, 0) is 54.4 Å². The van der Waals surface area contributed by atoms with Crippen molar-refractivity contribution >= 4 is 29.2 Å². The van der Waals surface area contributed by atoms with E-state index in [4.69, 9.17) is 21.4 Å². The van der Waals surface area contributed by atoms with Gasteiger partial charge in [-0.25, -0.2) is 4.79 Å². The molecule has 0 aliphatic rings. The second-order valence-corrected chi connectivity index (χ2v) is 9.26. The van der Waals surface area contributed by atoms with E-state index in [9.17, 15) is 27.6 Å². The van der Waals surface area contributed by atoms with Gasteiger partial charge in [0.1, 0.15) is 5.75 Å². The van der Waals surface area contributed by atoms with Gasteiger partial charge in [0.05, 0.1) is 17.2 Å². The number of pyridine rings is 1. The van der Waals surface area contributed by atoms with Crippen LogP contribution in [0, 0.1) is 0 Å². The summed E-state index contributed by atoms with van der Waals surface area (Å²) in [6.07, 6.45) is -3.06. The van der Waals surface area contributed by atoms with E-state index in [2.05, 4.69) is 10.3 Å². The van der Waals surface area contributed by atoms with E-state index >= 15 is 0 Å². The Morgan fingerprint density at radius 2 is 1.70 bits per heavy atom. The van der Waals surface area contributed by atoms with Crippen molar-refractivity contribution in [3.63, 3.8) is 0 Å². The Morgan fingerprint density at radius 1 is 1.00 bits per heavy atom. The van der Waals surface area contributed by atoms with Crippen molar-refractivity contribution in [1.29, 1.82) is 0 Å². The van der Waals surface area contributed by atoms with Crippen molar-refractivity contribution in [2.45, 2.75) is 18.5 Å². The lowest BCUT2D eigenvalue weighted by Gasteiger charge is -2.18. The number of carboxylic acid groups (broad SMARTS) is 1. The predicted molar refractivity (Wildman–Crippen MR) is 144 cm³/mol. The number of aromatic nitrogens is 1. The molecule has 0 fully saturated rings. The van der Waals surface area contributed by atoms with Crippen LogP contribution in [0.5, 0.6) is 5.75 Å². The van der Waals surface area contributed by atoms with E-state index in [0.29, 0.717) is 5.69 Å². The normalized spacial score (nSPS) is 12.0. The minimum absolute atomic E-state index is 0.0467. The number of nitrogens with one attached hydrogen (secondary N) is 2. The van der Waals surface area contributed by atoms with Crippen LogP contribution in [0.2, 0.25) is 5.02 Å². The number of hydrogen-bond acceptors (Lipinski definition) is 4. The van der Waals surface area contributed by atoms with Crippen LogP contribution in [0.4, 0.5) is 18.9 Å². The number of aromatic carboxylic acids is 1. The lowest BCUT2D eigenvalue weighted by molar-refractivity contribution is -0.153. The van der Waals surface area contributed by atoms with Crippen molar-refractivity contribution in [1.82, 2.24) is 4.98 Å². The van der Waals surface area contributed by atoms with Crippen molar-refractivity contribution in [2.24, 2.45) is 0 Å². The predicted octanol–water partition coefficient (Wildman–Crippen LogP) is 6.30. The van der Waals surface area contributed by atoms with Gasteiger partial charge in [-0.2, -0.15) is 13.2 Å². The van der Waals surface area contributed by atoms with Gasteiger partial charge in [-0.15, -0.1) is 0 Å². The number of carbonyl (C=O) groups excluding carboxylic acids is 1. The fourth-order valence-electron chi connectivity index (χ4n) is 4.03. The van der Waals surface area contributed by atoms with E-state index in [1.54, 1.807) is 24.3 Å². The van der Waals surface area contributed by atoms with Crippen LogP contribution in [0.25, 0.3) is 11.3 Å². The number of rotatable bonds is 9. The Morgan fingerprint density at radius 3 is 2.33 bits per heavy atom. The van der Waals surface area contributed by atoms with Crippen LogP contribution in [-0.2, 0) is 11.2 Å². The summed E-state index contributed by atoms with van der Waals surface area (Å²) in [5, 5.41) is 12.0. The smallest absolute Gasteiger partial charge is 0.422 e. The van der Waals surface area contributed by atoms with Gasteiger partial charge in [0.15, 0.2) is 12.0 Å². The molecule has 0 saturated carbocycles. The third kappa shape index (κ3) is 7.29. The van der Waals surface area contributed by atoms with Crippen LogP contribution in [-0.4, -0.2) is 34.8 Å². The maximum Gasteiger partial charge on any atom is 0.422 e. The topological polar surface area (TPSA) is 108 Å². The maximum absolute atomic E-state index is 13.4. The molecule has 0 saturated heterocycles. The molecule has 7 nitrogen and oxygen atoms in total. The monoisotopic (exact) mass is 570 g/mol. The average Bonchev–Trinajstić information content (AvgIpc) is 2.91. The first-order valence-electron chi connectivity index (χ1n) is 11.9. The molecular formula is C29H22ClF3N2O5. The summed E-state index contributed by atoms with van der Waals surface area (Å²) in [6, 6.07) is 19.8. The summed E-state index contributed by atoms with van der Waals surface area (Å²) in [5.41, 5.74) is 1.04. The molecule has 3 aromatic carbocycles. The van der Waals surface area contributed by atoms with Gasteiger partial charge in [-0.3, -0.25) is 9.59 Å². The largest absolute Gasteiger partial charge is 0.483 e. The number of halogens is 4. The lowest BCUT2D eigenvalue weighted by atomic mass is 9.91. The van der Waals surface area contributed by atoms with Crippen LogP contribution >= 0.6 is 11.6 Å². The average molecular weight is 571 g/mol. The molecular weight excluding hydrogens is 549 g/mol. The SMILES string of the molecule is O=C(O)c1ccc(NC(=O)C(Cc2ccccc2)c2c[nH]c(-c3cc(Cl)ccc3OCC(F)(F)F)cc2=O)cc1. The number of carbonyl (C=O) groups is 2. The molecule has 4 rings (SSSR count). The summed E-state index contributed by atoms with van der Waals surface area (Å²) in [6.45, 7) is -1.53. The number of H-pyrrole nitrogens is 1. The van der Waals surface area contributed by atoms with Gasteiger partial charge < -0.3 is 20.1 Å². The number of aromatic amines is 1. The van der Waals surface area contributed by atoms with Crippen molar-refractivity contribution < 1.29 is 32.6 Å². The summed E-state index contributed by atoms with van der Waals surface area (Å²) in [4.78, 5) is 40.7. The number of carboxylic acids is 1. The molecule has 11 heteroatoms. The third-order valence-corrected chi connectivity index (χ3v) is 6.18. The zero-order valence-corrected chi connectivity index (χ0v) is 21.4. The van der Waals surface area contributed by atoms with Gasteiger partial charge in [0.2, 0.25) is 5.91 Å². The number of amides is 1. The Kier molecular flexibility index (Phi) is 8.59. The Hall–Kier alpha value is -4.57. The fraction of sp³-hybridized carbons (Fsp3) is 0.138. The van der Waals surface area contributed by atoms with Crippen molar-refractivity contribution in [2.75, 3.05) is 11.9 Å². The van der Waals surface area contributed by atoms with Crippen LogP contribution in [0.15, 0.2) is 89.9 Å². The zero-order valence-electron chi connectivity index (χ0n) is 20.7. The molecule has 4 aromatic rings. The zero-order chi connectivity index (χ0) is 28.9. The minimum atomic E-state index is -4.57. The third-order valence-electron chi connectivity index (χ3n) is 5.94. The molecule has 3 N–H and O–H groups in total. The first-order chi connectivity index (χ1) is 19.0. The first kappa shape index (κ1) is 28.4. The van der Waals surface area contributed by atoms with Gasteiger partial charge in [0.25, 0.3) is 0 Å². The Bertz CT molecular complexity index is 1570. The standard InChI is InChI=1S/C29H22ClF3N2O5/c30-19-8-11-26(40-16-29(31,32)33)22(13-19)24-14-25(36)23(15-34-24)21(12-17-4-2-1-3-5-17)27(37)35-20-9-6-18(7-10-20)28(38)39/h1-11,13-15,21H,12,16H2,(H,34,36)(H,35,37)(H,38,39). The van der Waals surface area contributed by atoms with Gasteiger partial charge in [-0.1, -0.05) is 41.9 Å². The van der Waals surface area contributed by atoms with E-state index in [1.807, 2.05) is 6.07 Å². The number of anilines is 1. The second-order valence-electron chi connectivity index (χ2n) is 8.82.